The molecule has 0 aliphatic carbocycles. The van der Waals surface area contributed by atoms with Crippen LogP contribution in [0.25, 0.3) is 0 Å². The molecule has 2 aromatic carbocycles. The van der Waals surface area contributed by atoms with Crippen LogP contribution >= 0.6 is 12.2 Å². The Morgan fingerprint density at radius 2 is 1.62 bits per heavy atom. The fraction of sp³-hybridized carbons (Fsp3) is 0.333. The Balaban J connectivity index is 1.95. The quantitative estimate of drug-likeness (QED) is 0.489. The summed E-state index contributed by atoms with van der Waals surface area (Å²) < 4.78 is 5.12. The number of carbonyl (C=O) groups excluding carboxylic acids is 3. The third kappa shape index (κ3) is 2.60. The maximum absolute atomic E-state index is 14.8. The molecular weight excluding hydrogens is 490 g/mol. The van der Waals surface area contributed by atoms with Crippen molar-refractivity contribution in [1.29, 1.82) is 10.5 Å². The largest absolute Gasteiger partial charge is 0.465 e. The molecule has 3 heterocycles. The van der Waals surface area contributed by atoms with Gasteiger partial charge in [-0.3, -0.25) is 19.3 Å². The molecule has 186 valence electrons. The minimum absolute atomic E-state index is 0.110. The van der Waals surface area contributed by atoms with Crippen molar-refractivity contribution in [2.45, 2.75) is 31.7 Å². The lowest BCUT2D eigenvalue weighted by Crippen LogP contribution is -2.65. The normalized spacial score (nSPS) is 24.6. The van der Waals surface area contributed by atoms with Gasteiger partial charge in [-0.25, -0.2) is 0 Å². The van der Waals surface area contributed by atoms with Crippen LogP contribution in [0.4, 0.5) is 11.4 Å². The van der Waals surface area contributed by atoms with Crippen molar-refractivity contribution in [2.24, 2.45) is 5.41 Å². The van der Waals surface area contributed by atoms with Crippen molar-refractivity contribution in [3.05, 3.63) is 58.7 Å². The first-order chi connectivity index (χ1) is 17.6. The maximum Gasteiger partial charge on any atom is 0.326 e. The van der Waals surface area contributed by atoms with Crippen LogP contribution in [0.3, 0.4) is 0 Å². The number of esters is 1. The fourth-order valence-corrected chi connectivity index (χ4v) is 6.53. The van der Waals surface area contributed by atoms with Crippen molar-refractivity contribution < 1.29 is 19.1 Å². The first-order valence-corrected chi connectivity index (χ1v) is 12.1. The fourth-order valence-electron chi connectivity index (χ4n) is 6.14. The van der Waals surface area contributed by atoms with E-state index in [1.165, 1.54) is 9.80 Å². The number of thiocarbonyl (C=S) groups is 1. The Morgan fingerprint density at radius 3 is 2.22 bits per heavy atom. The number of hydrogen-bond acceptors (Lipinski definition) is 7. The van der Waals surface area contributed by atoms with Gasteiger partial charge in [-0.15, -0.1) is 0 Å². The molecule has 0 radical (unpaired) electrons. The number of benzene rings is 2. The Bertz CT molecular complexity index is 1510. The van der Waals surface area contributed by atoms with Crippen LogP contribution < -0.4 is 15.1 Å². The molecule has 1 fully saturated rings. The SMILES string of the molecule is CCOC(=O)CN1C(=O)[C@]2(c3cc(C)ccc31)C(C#N)(C#N)C(=S)N[C@]21C(=O)N(C)c2ccc(C)cc21. The second-order valence-corrected chi connectivity index (χ2v) is 9.94. The number of aryl methyl sites for hydroxylation is 2. The Kier molecular flexibility index (Phi) is 5.19. The molecule has 0 aromatic heterocycles. The summed E-state index contributed by atoms with van der Waals surface area (Å²) in [5, 5.41) is 24.2. The summed E-state index contributed by atoms with van der Waals surface area (Å²) >= 11 is 5.62. The number of ether oxygens (including phenoxy) is 1. The first-order valence-electron chi connectivity index (χ1n) is 11.7. The third-order valence-corrected chi connectivity index (χ3v) is 8.06. The molecular formula is C27H23N5O4S. The minimum Gasteiger partial charge on any atom is -0.465 e. The third-order valence-electron chi connectivity index (χ3n) is 7.65. The van der Waals surface area contributed by atoms with Gasteiger partial charge >= 0.3 is 5.97 Å². The van der Waals surface area contributed by atoms with Crippen molar-refractivity contribution in [1.82, 2.24) is 5.32 Å². The monoisotopic (exact) mass is 513 g/mol. The van der Waals surface area contributed by atoms with Crippen LogP contribution in [0.2, 0.25) is 0 Å². The van der Waals surface area contributed by atoms with Crippen LogP contribution in [0.15, 0.2) is 36.4 Å². The van der Waals surface area contributed by atoms with Gasteiger partial charge in [0, 0.05) is 24.0 Å². The number of anilines is 2. The molecule has 1 saturated heterocycles. The van der Waals surface area contributed by atoms with Crippen molar-refractivity contribution in [3.8, 4) is 12.1 Å². The number of hydrogen-bond donors (Lipinski definition) is 1. The Morgan fingerprint density at radius 1 is 1.03 bits per heavy atom. The van der Waals surface area contributed by atoms with E-state index in [1.54, 1.807) is 51.2 Å². The van der Waals surface area contributed by atoms with Gasteiger partial charge in [0.15, 0.2) is 11.0 Å². The lowest BCUT2D eigenvalue weighted by atomic mass is 9.53. The van der Waals surface area contributed by atoms with Crippen LogP contribution in [0, 0.1) is 41.9 Å². The average Bonchev–Trinajstić information content (AvgIpc) is 3.34. The van der Waals surface area contributed by atoms with Crippen molar-refractivity contribution in [3.63, 3.8) is 0 Å². The number of nitrogens with one attached hydrogen (secondary N) is 1. The number of nitriles is 2. The van der Waals surface area contributed by atoms with E-state index < -0.39 is 40.7 Å². The number of carbonyl (C=O) groups is 3. The maximum atomic E-state index is 14.8. The Labute approximate surface area is 219 Å². The van der Waals surface area contributed by atoms with E-state index in [4.69, 9.17) is 17.0 Å². The lowest BCUT2D eigenvalue weighted by molar-refractivity contribution is -0.143. The van der Waals surface area contributed by atoms with Gasteiger partial charge < -0.3 is 15.0 Å². The predicted octanol–water partition coefficient (Wildman–Crippen LogP) is 2.29. The molecule has 37 heavy (non-hydrogen) atoms. The van der Waals surface area contributed by atoms with Crippen LogP contribution in [-0.4, -0.2) is 43.0 Å². The van der Waals surface area contributed by atoms with Gasteiger partial charge in [0.05, 0.1) is 18.7 Å². The number of likely N-dealkylation sites (N-methyl/N-ethyl adjacent to an activating group) is 1. The highest BCUT2D eigenvalue weighted by Crippen LogP contribution is 2.67. The minimum atomic E-state index is -2.24. The molecule has 2 amide bonds. The van der Waals surface area contributed by atoms with Gasteiger partial charge in [0.2, 0.25) is 11.3 Å². The second kappa shape index (κ2) is 7.86. The van der Waals surface area contributed by atoms with E-state index in [0.29, 0.717) is 16.9 Å². The first kappa shape index (κ1) is 24.4. The highest BCUT2D eigenvalue weighted by Gasteiger charge is 2.84. The molecule has 0 bridgehead atoms. The summed E-state index contributed by atoms with van der Waals surface area (Å²) in [6.45, 7) is 4.96. The topological polar surface area (TPSA) is 127 Å². The zero-order valence-corrected chi connectivity index (χ0v) is 21.5. The van der Waals surface area contributed by atoms with Gasteiger partial charge in [0.25, 0.3) is 5.91 Å². The van der Waals surface area contributed by atoms with Gasteiger partial charge in [-0.2, -0.15) is 10.5 Å². The molecule has 2 spiro atoms. The summed E-state index contributed by atoms with van der Waals surface area (Å²) in [6, 6.07) is 14.6. The van der Waals surface area contributed by atoms with E-state index >= 15 is 0 Å². The highest BCUT2D eigenvalue weighted by molar-refractivity contribution is 7.80. The molecule has 0 saturated carbocycles. The number of amides is 2. The molecule has 5 rings (SSSR count). The van der Waals surface area contributed by atoms with Crippen molar-refractivity contribution in [2.75, 3.05) is 30.0 Å². The second-order valence-electron chi connectivity index (χ2n) is 9.53. The van der Waals surface area contributed by atoms with E-state index in [2.05, 4.69) is 5.32 Å². The molecule has 3 aliphatic rings. The summed E-state index contributed by atoms with van der Waals surface area (Å²) in [5.74, 6) is -1.93. The van der Waals surface area contributed by atoms with Crippen LogP contribution in [0.5, 0.6) is 0 Å². The van der Waals surface area contributed by atoms with Crippen molar-refractivity contribution >= 4 is 46.4 Å². The molecule has 3 aliphatic heterocycles. The Hall–Kier alpha value is -4.28. The summed E-state index contributed by atoms with van der Waals surface area (Å²) in [4.78, 5) is 44.1. The number of rotatable bonds is 3. The summed E-state index contributed by atoms with van der Waals surface area (Å²) in [7, 11) is 1.58. The van der Waals surface area contributed by atoms with Gasteiger partial charge in [-0.05, 0) is 38.5 Å². The highest BCUT2D eigenvalue weighted by atomic mass is 32.1. The molecule has 1 N–H and O–H groups in total. The predicted molar refractivity (Wildman–Crippen MR) is 138 cm³/mol. The van der Waals surface area contributed by atoms with Crippen LogP contribution in [-0.2, 0) is 30.1 Å². The zero-order valence-electron chi connectivity index (χ0n) is 20.7. The number of nitrogens with zero attached hydrogens (tertiary/aromatic N) is 4. The molecule has 9 nitrogen and oxygen atoms in total. The van der Waals surface area contributed by atoms with E-state index in [0.717, 1.165) is 11.1 Å². The average molecular weight is 514 g/mol. The number of fused-ring (bicyclic) bond motifs is 5. The van der Waals surface area contributed by atoms with Crippen LogP contribution in [0.1, 0.15) is 29.2 Å². The summed E-state index contributed by atoms with van der Waals surface area (Å²) in [6.07, 6.45) is 0. The van der Waals surface area contributed by atoms with Gasteiger partial charge in [-0.1, -0.05) is 47.6 Å². The molecule has 0 unspecified atom stereocenters. The van der Waals surface area contributed by atoms with Gasteiger partial charge in [0.1, 0.15) is 11.5 Å². The molecule has 10 heteroatoms. The van der Waals surface area contributed by atoms with E-state index in [9.17, 15) is 24.9 Å². The zero-order chi connectivity index (χ0) is 26.9. The van der Waals surface area contributed by atoms with E-state index in [-0.39, 0.29) is 17.2 Å². The standard InChI is InChI=1S/C27H23N5O4S/c1-5-36-21(33)12-32-20-9-7-15(2)10-17(20)26(23(32)34)25(13-28,14-29)22(37)30-27(26)18-11-16(3)6-8-19(18)31(4)24(27)35/h6-11H,5,12H2,1-4H3,(H,30,37)/t26-,27-/m1/s1. The summed E-state index contributed by atoms with van der Waals surface area (Å²) in [5.41, 5.74) is -3.12. The molecule has 2 atom stereocenters. The lowest BCUT2D eigenvalue weighted by Gasteiger charge is -2.41. The smallest absolute Gasteiger partial charge is 0.326 e. The van der Waals surface area contributed by atoms with E-state index in [1.807, 2.05) is 25.1 Å². The molecule has 2 aromatic rings.